The molecule has 110 valence electrons. The van der Waals surface area contributed by atoms with Crippen molar-refractivity contribution in [2.24, 2.45) is 0 Å². The molecule has 0 amide bonds. The molecule has 0 aromatic heterocycles. The standard InChI is InChI=1S/C12H9F5O3/c13-11(14)5-10(6-11,9(18)19)7-2-1-3-8(4-7)20-12(15,16)17/h1-4H,5-6H2,(H,18,19). The molecule has 0 radical (unpaired) electrons. The number of hydrogen-bond acceptors (Lipinski definition) is 2. The van der Waals surface area contributed by atoms with Crippen LogP contribution in [0.2, 0.25) is 0 Å². The highest BCUT2D eigenvalue weighted by molar-refractivity contribution is 5.83. The zero-order valence-electron chi connectivity index (χ0n) is 9.88. The van der Waals surface area contributed by atoms with Crippen LogP contribution >= 0.6 is 0 Å². The molecule has 0 spiro atoms. The molecule has 1 aliphatic carbocycles. The molecule has 0 bridgehead atoms. The van der Waals surface area contributed by atoms with Crippen molar-refractivity contribution in [1.82, 2.24) is 0 Å². The largest absolute Gasteiger partial charge is 0.573 e. The van der Waals surface area contributed by atoms with E-state index < -0.39 is 42.3 Å². The summed E-state index contributed by atoms with van der Waals surface area (Å²) in [6, 6.07) is 4.14. The molecular weight excluding hydrogens is 287 g/mol. The number of alkyl halides is 5. The molecule has 0 unspecified atom stereocenters. The van der Waals surface area contributed by atoms with Crippen LogP contribution in [0.1, 0.15) is 18.4 Å². The summed E-state index contributed by atoms with van der Waals surface area (Å²) in [5, 5.41) is 9.10. The summed E-state index contributed by atoms with van der Waals surface area (Å²) in [5.41, 5.74) is -1.99. The Morgan fingerprint density at radius 3 is 2.30 bits per heavy atom. The molecule has 1 aliphatic rings. The van der Waals surface area contributed by atoms with E-state index in [2.05, 4.69) is 4.74 Å². The number of aliphatic carboxylic acids is 1. The number of carbonyl (C=O) groups is 1. The number of ether oxygens (including phenoxy) is 1. The molecule has 2 rings (SSSR count). The van der Waals surface area contributed by atoms with E-state index in [4.69, 9.17) is 5.11 Å². The Balaban J connectivity index is 2.32. The van der Waals surface area contributed by atoms with Gasteiger partial charge in [-0.1, -0.05) is 12.1 Å². The summed E-state index contributed by atoms with van der Waals surface area (Å²) < 4.78 is 65.9. The Hall–Kier alpha value is -1.86. The van der Waals surface area contributed by atoms with Gasteiger partial charge in [-0.05, 0) is 17.7 Å². The van der Waals surface area contributed by atoms with Gasteiger partial charge in [0.25, 0.3) is 5.92 Å². The topological polar surface area (TPSA) is 46.5 Å². The van der Waals surface area contributed by atoms with Crippen molar-refractivity contribution < 1.29 is 36.6 Å². The second-order valence-corrected chi connectivity index (χ2v) is 4.67. The molecule has 8 heteroatoms. The van der Waals surface area contributed by atoms with Crippen LogP contribution in [0.25, 0.3) is 0 Å². The predicted octanol–water partition coefficient (Wildman–Crippen LogP) is 3.34. The minimum Gasteiger partial charge on any atom is -0.481 e. The monoisotopic (exact) mass is 296 g/mol. The first-order valence-corrected chi connectivity index (χ1v) is 5.52. The molecule has 1 aromatic rings. The van der Waals surface area contributed by atoms with E-state index in [1.54, 1.807) is 0 Å². The minimum absolute atomic E-state index is 0.127. The first-order chi connectivity index (χ1) is 9.04. The SMILES string of the molecule is O=C(O)C1(c2cccc(OC(F)(F)F)c2)CC(F)(F)C1. The fourth-order valence-electron chi connectivity index (χ4n) is 2.30. The zero-order chi connectivity index (χ0) is 15.2. The van der Waals surface area contributed by atoms with Gasteiger partial charge < -0.3 is 9.84 Å². The highest BCUT2D eigenvalue weighted by atomic mass is 19.4. The van der Waals surface area contributed by atoms with E-state index in [9.17, 15) is 26.7 Å². The summed E-state index contributed by atoms with van der Waals surface area (Å²) in [7, 11) is 0. The molecule has 0 saturated heterocycles. The Labute approximate surface area is 110 Å². The van der Waals surface area contributed by atoms with Crippen molar-refractivity contribution in [1.29, 1.82) is 0 Å². The molecule has 1 aromatic carbocycles. The lowest BCUT2D eigenvalue weighted by atomic mass is 9.62. The Bertz CT molecular complexity index is 530. The Morgan fingerprint density at radius 1 is 1.25 bits per heavy atom. The highest BCUT2D eigenvalue weighted by Gasteiger charge is 2.62. The van der Waals surface area contributed by atoms with E-state index in [1.165, 1.54) is 6.07 Å². The summed E-state index contributed by atoms with van der Waals surface area (Å²) in [6.07, 6.45) is -6.81. The first kappa shape index (κ1) is 14.5. The molecule has 0 heterocycles. The summed E-state index contributed by atoms with van der Waals surface area (Å²) >= 11 is 0. The van der Waals surface area contributed by atoms with E-state index >= 15 is 0 Å². The van der Waals surface area contributed by atoms with Gasteiger partial charge in [-0.3, -0.25) is 4.79 Å². The van der Waals surface area contributed by atoms with Crippen LogP contribution in [0.15, 0.2) is 24.3 Å². The Kier molecular flexibility index (Phi) is 3.14. The van der Waals surface area contributed by atoms with Crippen LogP contribution in [-0.4, -0.2) is 23.4 Å². The number of rotatable bonds is 3. The van der Waals surface area contributed by atoms with Crippen LogP contribution in [0.4, 0.5) is 22.0 Å². The molecule has 20 heavy (non-hydrogen) atoms. The van der Waals surface area contributed by atoms with E-state index in [1.807, 2.05) is 0 Å². The lowest BCUT2D eigenvalue weighted by molar-refractivity contribution is -0.274. The molecule has 1 fully saturated rings. The van der Waals surface area contributed by atoms with Gasteiger partial charge in [0, 0.05) is 12.8 Å². The second kappa shape index (κ2) is 4.32. The summed E-state index contributed by atoms with van der Waals surface area (Å²) in [5.74, 6) is -5.25. The number of benzene rings is 1. The maximum Gasteiger partial charge on any atom is 0.573 e. The fraction of sp³-hybridized carbons (Fsp3) is 0.417. The van der Waals surface area contributed by atoms with Crippen molar-refractivity contribution in [3.8, 4) is 5.75 Å². The highest BCUT2D eigenvalue weighted by Crippen LogP contribution is 2.54. The molecular formula is C12H9F5O3. The number of carboxylic acid groups (broad SMARTS) is 1. The molecule has 0 aliphatic heterocycles. The zero-order valence-corrected chi connectivity index (χ0v) is 9.88. The first-order valence-electron chi connectivity index (χ1n) is 5.52. The van der Waals surface area contributed by atoms with E-state index in [-0.39, 0.29) is 5.56 Å². The van der Waals surface area contributed by atoms with Gasteiger partial charge in [0.15, 0.2) is 0 Å². The van der Waals surface area contributed by atoms with Crippen molar-refractivity contribution >= 4 is 5.97 Å². The fourth-order valence-corrected chi connectivity index (χ4v) is 2.30. The van der Waals surface area contributed by atoms with Crippen molar-refractivity contribution in [3.05, 3.63) is 29.8 Å². The van der Waals surface area contributed by atoms with Crippen LogP contribution in [0, 0.1) is 0 Å². The van der Waals surface area contributed by atoms with Crippen LogP contribution in [0.3, 0.4) is 0 Å². The maximum absolute atomic E-state index is 13.0. The van der Waals surface area contributed by atoms with Crippen molar-refractivity contribution in [3.63, 3.8) is 0 Å². The summed E-state index contributed by atoms with van der Waals surface area (Å²) in [4.78, 5) is 11.2. The summed E-state index contributed by atoms with van der Waals surface area (Å²) in [6.45, 7) is 0. The van der Waals surface area contributed by atoms with Crippen LogP contribution < -0.4 is 4.74 Å². The minimum atomic E-state index is -4.93. The lowest BCUT2D eigenvalue weighted by Gasteiger charge is -2.44. The van der Waals surface area contributed by atoms with Gasteiger partial charge in [-0.15, -0.1) is 13.2 Å². The van der Waals surface area contributed by atoms with Gasteiger partial charge in [-0.2, -0.15) is 0 Å². The normalized spacial score (nSPS) is 20.1. The molecule has 1 saturated carbocycles. The Morgan fingerprint density at radius 2 is 1.85 bits per heavy atom. The molecule has 0 atom stereocenters. The van der Waals surface area contributed by atoms with Gasteiger partial charge in [0.1, 0.15) is 11.2 Å². The second-order valence-electron chi connectivity index (χ2n) is 4.67. The average molecular weight is 296 g/mol. The van der Waals surface area contributed by atoms with Crippen molar-refractivity contribution in [2.45, 2.75) is 30.5 Å². The van der Waals surface area contributed by atoms with Gasteiger partial charge >= 0.3 is 12.3 Å². The third-order valence-electron chi connectivity index (χ3n) is 3.15. The number of hydrogen-bond donors (Lipinski definition) is 1. The van der Waals surface area contributed by atoms with Crippen LogP contribution in [-0.2, 0) is 10.2 Å². The third-order valence-corrected chi connectivity index (χ3v) is 3.15. The predicted molar refractivity (Wildman–Crippen MR) is 56.6 cm³/mol. The third kappa shape index (κ3) is 2.68. The quantitative estimate of drug-likeness (QED) is 0.870. The number of carboxylic acids is 1. The van der Waals surface area contributed by atoms with Gasteiger partial charge in [0.2, 0.25) is 0 Å². The molecule has 1 N–H and O–H groups in total. The smallest absolute Gasteiger partial charge is 0.481 e. The van der Waals surface area contributed by atoms with Crippen molar-refractivity contribution in [2.75, 3.05) is 0 Å². The molecule has 3 nitrogen and oxygen atoms in total. The van der Waals surface area contributed by atoms with Gasteiger partial charge in [-0.25, -0.2) is 8.78 Å². The lowest BCUT2D eigenvalue weighted by Crippen LogP contribution is -2.54. The average Bonchev–Trinajstić information content (AvgIpc) is 2.22. The van der Waals surface area contributed by atoms with E-state index in [0.29, 0.717) is 0 Å². The number of halogens is 5. The van der Waals surface area contributed by atoms with Crippen LogP contribution in [0.5, 0.6) is 5.75 Å². The van der Waals surface area contributed by atoms with Gasteiger partial charge in [0.05, 0.1) is 0 Å². The maximum atomic E-state index is 13.0. The van der Waals surface area contributed by atoms with E-state index in [0.717, 1.165) is 18.2 Å².